The van der Waals surface area contributed by atoms with Crippen LogP contribution in [0.3, 0.4) is 0 Å². The fraction of sp³-hybridized carbons (Fsp3) is 0.409. The number of anilines is 1. The molecule has 0 unspecified atom stereocenters. The first-order chi connectivity index (χ1) is 13.2. The number of ether oxygens (including phenoxy) is 2. The zero-order valence-electron chi connectivity index (χ0n) is 15.9. The number of rotatable bonds is 7. The number of fused-ring (bicyclic) bond motifs is 1. The fourth-order valence-electron chi connectivity index (χ4n) is 3.60. The molecule has 5 heteroatoms. The maximum absolute atomic E-state index is 13.2. The molecule has 1 amide bonds. The van der Waals surface area contributed by atoms with Crippen LogP contribution >= 0.6 is 0 Å². The standard InChI is InChI=1S/C22H26N2O3/c1-3-14-27-20-17(9-7-11-19(20)26-4-2)21-23-18-10-6-5-8-16(18)22(25)24(21)15-12-13-15/h5-11,15,21,23H,3-4,12-14H2,1-2H3/t21-/m0/s1. The van der Waals surface area contributed by atoms with Gasteiger partial charge in [0, 0.05) is 17.3 Å². The summed E-state index contributed by atoms with van der Waals surface area (Å²) in [7, 11) is 0. The van der Waals surface area contributed by atoms with Crippen LogP contribution in [0.15, 0.2) is 42.5 Å². The van der Waals surface area contributed by atoms with Gasteiger partial charge in [0.2, 0.25) is 0 Å². The summed E-state index contributed by atoms with van der Waals surface area (Å²) in [6.45, 7) is 5.22. The number of benzene rings is 2. The number of hydrogen-bond acceptors (Lipinski definition) is 4. The lowest BCUT2D eigenvalue weighted by Gasteiger charge is -2.39. The average Bonchev–Trinajstić information content (AvgIpc) is 3.52. The third kappa shape index (κ3) is 3.34. The van der Waals surface area contributed by atoms with Crippen molar-refractivity contribution in [1.29, 1.82) is 0 Å². The van der Waals surface area contributed by atoms with Crippen molar-refractivity contribution in [3.63, 3.8) is 0 Å². The minimum Gasteiger partial charge on any atom is -0.490 e. The molecule has 1 saturated carbocycles. The Labute approximate surface area is 160 Å². The van der Waals surface area contributed by atoms with E-state index in [1.54, 1.807) is 0 Å². The number of hydrogen-bond donors (Lipinski definition) is 1. The molecule has 27 heavy (non-hydrogen) atoms. The Balaban J connectivity index is 1.79. The third-order valence-electron chi connectivity index (χ3n) is 4.96. The lowest BCUT2D eigenvalue weighted by atomic mass is 10.0. The molecule has 142 valence electrons. The average molecular weight is 366 g/mol. The summed E-state index contributed by atoms with van der Waals surface area (Å²) in [6.07, 6.45) is 2.74. The monoisotopic (exact) mass is 366 g/mol. The molecule has 0 bridgehead atoms. The summed E-state index contributed by atoms with van der Waals surface area (Å²) in [5.41, 5.74) is 2.55. The second kappa shape index (κ2) is 7.51. The topological polar surface area (TPSA) is 50.8 Å². The molecule has 0 saturated heterocycles. The Bertz CT molecular complexity index is 832. The molecule has 0 radical (unpaired) electrons. The molecule has 0 aromatic heterocycles. The van der Waals surface area contributed by atoms with Gasteiger partial charge in [0.15, 0.2) is 11.5 Å². The maximum Gasteiger partial charge on any atom is 0.258 e. The highest BCUT2D eigenvalue weighted by molar-refractivity contribution is 6.02. The number of nitrogens with zero attached hydrogens (tertiary/aromatic N) is 1. The molecule has 4 rings (SSSR count). The highest BCUT2D eigenvalue weighted by Gasteiger charge is 2.43. The van der Waals surface area contributed by atoms with E-state index in [1.165, 1.54) is 0 Å². The minimum atomic E-state index is -0.257. The maximum atomic E-state index is 13.2. The van der Waals surface area contributed by atoms with Crippen molar-refractivity contribution in [3.05, 3.63) is 53.6 Å². The van der Waals surface area contributed by atoms with E-state index in [0.717, 1.165) is 47.6 Å². The molecule has 1 atom stereocenters. The van der Waals surface area contributed by atoms with E-state index in [2.05, 4.69) is 12.2 Å². The van der Waals surface area contributed by atoms with Gasteiger partial charge in [-0.2, -0.15) is 0 Å². The summed E-state index contributed by atoms with van der Waals surface area (Å²) in [4.78, 5) is 15.2. The fourth-order valence-corrected chi connectivity index (χ4v) is 3.60. The van der Waals surface area contributed by atoms with Gasteiger partial charge in [0.25, 0.3) is 5.91 Å². The second-order valence-electron chi connectivity index (χ2n) is 6.99. The quantitative estimate of drug-likeness (QED) is 0.778. The van der Waals surface area contributed by atoms with Crippen LogP contribution in [-0.2, 0) is 0 Å². The van der Waals surface area contributed by atoms with E-state index in [1.807, 2.05) is 54.3 Å². The van der Waals surface area contributed by atoms with Gasteiger partial charge in [-0.1, -0.05) is 31.2 Å². The van der Waals surface area contributed by atoms with E-state index < -0.39 is 0 Å². The van der Waals surface area contributed by atoms with Crippen LogP contribution in [0.4, 0.5) is 5.69 Å². The Morgan fingerprint density at radius 1 is 1.07 bits per heavy atom. The molecule has 2 aliphatic rings. The Morgan fingerprint density at radius 2 is 1.89 bits per heavy atom. The number of amides is 1. The number of para-hydroxylation sites is 2. The lowest BCUT2D eigenvalue weighted by Crippen LogP contribution is -2.44. The molecule has 0 spiro atoms. The second-order valence-corrected chi connectivity index (χ2v) is 6.99. The van der Waals surface area contributed by atoms with Crippen LogP contribution < -0.4 is 14.8 Å². The van der Waals surface area contributed by atoms with E-state index in [0.29, 0.717) is 13.2 Å². The van der Waals surface area contributed by atoms with Crippen molar-refractivity contribution < 1.29 is 14.3 Å². The third-order valence-corrected chi connectivity index (χ3v) is 4.96. The van der Waals surface area contributed by atoms with E-state index in [-0.39, 0.29) is 18.1 Å². The van der Waals surface area contributed by atoms with Gasteiger partial charge in [-0.3, -0.25) is 4.79 Å². The molecular formula is C22H26N2O3. The molecule has 1 aliphatic heterocycles. The molecule has 1 heterocycles. The molecule has 2 aromatic carbocycles. The molecular weight excluding hydrogens is 340 g/mol. The van der Waals surface area contributed by atoms with E-state index in [9.17, 15) is 4.79 Å². The van der Waals surface area contributed by atoms with Crippen molar-refractivity contribution in [2.24, 2.45) is 0 Å². The zero-order valence-corrected chi connectivity index (χ0v) is 15.9. The van der Waals surface area contributed by atoms with Crippen molar-refractivity contribution in [2.45, 2.75) is 45.3 Å². The highest BCUT2D eigenvalue weighted by Crippen LogP contribution is 2.45. The van der Waals surface area contributed by atoms with Crippen molar-refractivity contribution >= 4 is 11.6 Å². The largest absolute Gasteiger partial charge is 0.490 e. The Morgan fingerprint density at radius 3 is 2.63 bits per heavy atom. The van der Waals surface area contributed by atoms with Crippen LogP contribution in [0, 0.1) is 0 Å². The first kappa shape index (κ1) is 17.7. The smallest absolute Gasteiger partial charge is 0.258 e. The van der Waals surface area contributed by atoms with Gasteiger partial charge in [0.05, 0.1) is 18.8 Å². The van der Waals surface area contributed by atoms with E-state index >= 15 is 0 Å². The molecule has 1 fully saturated rings. The van der Waals surface area contributed by atoms with Gasteiger partial charge in [-0.25, -0.2) is 0 Å². The molecule has 1 aliphatic carbocycles. The first-order valence-electron chi connectivity index (χ1n) is 9.81. The first-order valence-corrected chi connectivity index (χ1v) is 9.81. The number of nitrogens with one attached hydrogen (secondary N) is 1. The Kier molecular flexibility index (Phi) is 4.92. The van der Waals surface area contributed by atoms with Crippen LogP contribution in [0.25, 0.3) is 0 Å². The van der Waals surface area contributed by atoms with Crippen LogP contribution in [-0.4, -0.2) is 30.1 Å². The number of carbonyl (C=O) groups excluding carboxylic acids is 1. The SMILES string of the molecule is CCCOc1c(OCC)cccc1[C@H]1Nc2ccccc2C(=O)N1C1CC1. The molecule has 1 N–H and O–H groups in total. The molecule has 2 aromatic rings. The van der Waals surface area contributed by atoms with Crippen molar-refractivity contribution in [3.8, 4) is 11.5 Å². The van der Waals surface area contributed by atoms with Crippen LogP contribution in [0.5, 0.6) is 11.5 Å². The van der Waals surface area contributed by atoms with Gasteiger partial charge >= 0.3 is 0 Å². The van der Waals surface area contributed by atoms with Gasteiger partial charge in [0.1, 0.15) is 6.17 Å². The summed E-state index contributed by atoms with van der Waals surface area (Å²) >= 11 is 0. The van der Waals surface area contributed by atoms with Crippen molar-refractivity contribution in [1.82, 2.24) is 4.90 Å². The van der Waals surface area contributed by atoms with Gasteiger partial charge in [-0.15, -0.1) is 0 Å². The Hall–Kier alpha value is -2.69. The number of carbonyl (C=O) groups is 1. The predicted molar refractivity (Wildman–Crippen MR) is 105 cm³/mol. The lowest BCUT2D eigenvalue weighted by molar-refractivity contribution is 0.0663. The van der Waals surface area contributed by atoms with E-state index in [4.69, 9.17) is 9.47 Å². The van der Waals surface area contributed by atoms with Crippen LogP contribution in [0.2, 0.25) is 0 Å². The van der Waals surface area contributed by atoms with Gasteiger partial charge in [-0.05, 0) is 44.4 Å². The summed E-state index contributed by atoms with van der Waals surface area (Å²) in [5.74, 6) is 1.55. The zero-order chi connectivity index (χ0) is 18.8. The normalized spacial score (nSPS) is 18.7. The summed E-state index contributed by atoms with van der Waals surface area (Å²) < 4.78 is 11.9. The molecule has 5 nitrogen and oxygen atoms in total. The summed E-state index contributed by atoms with van der Waals surface area (Å²) in [5, 5.41) is 3.57. The van der Waals surface area contributed by atoms with Crippen LogP contribution in [0.1, 0.15) is 55.2 Å². The summed E-state index contributed by atoms with van der Waals surface area (Å²) in [6, 6.07) is 13.9. The van der Waals surface area contributed by atoms with Gasteiger partial charge < -0.3 is 19.7 Å². The predicted octanol–water partition coefficient (Wildman–Crippen LogP) is 4.60. The minimum absolute atomic E-state index is 0.0834. The highest BCUT2D eigenvalue weighted by atomic mass is 16.5. The van der Waals surface area contributed by atoms with Crippen molar-refractivity contribution in [2.75, 3.05) is 18.5 Å².